The molecule has 0 aliphatic carbocycles. The second-order valence-electron chi connectivity index (χ2n) is 5.14. The van der Waals surface area contributed by atoms with Gasteiger partial charge in [0.2, 0.25) is 0 Å². The van der Waals surface area contributed by atoms with Gasteiger partial charge in [-0.3, -0.25) is 4.68 Å². The van der Waals surface area contributed by atoms with E-state index in [1.807, 2.05) is 30.8 Å². The molecule has 4 heteroatoms. The first kappa shape index (κ1) is 14.6. The van der Waals surface area contributed by atoms with Crippen molar-refractivity contribution in [1.29, 1.82) is 0 Å². The van der Waals surface area contributed by atoms with Crippen molar-refractivity contribution in [2.75, 3.05) is 7.11 Å². The van der Waals surface area contributed by atoms with Gasteiger partial charge in [0.1, 0.15) is 5.75 Å². The van der Waals surface area contributed by atoms with Gasteiger partial charge >= 0.3 is 0 Å². The van der Waals surface area contributed by atoms with Gasteiger partial charge in [-0.05, 0) is 36.6 Å². The molecule has 0 amide bonds. The molecule has 0 aliphatic heterocycles. The minimum absolute atomic E-state index is 0.0280. The van der Waals surface area contributed by atoms with Crippen molar-refractivity contribution in [3.05, 3.63) is 46.8 Å². The summed E-state index contributed by atoms with van der Waals surface area (Å²) >= 11 is 0. The lowest BCUT2D eigenvalue weighted by atomic mass is 10.0. The van der Waals surface area contributed by atoms with E-state index in [0.717, 1.165) is 35.4 Å². The van der Waals surface area contributed by atoms with Gasteiger partial charge in [0.05, 0.1) is 12.8 Å². The average Bonchev–Trinajstić information content (AvgIpc) is 2.79. The van der Waals surface area contributed by atoms with E-state index < -0.39 is 0 Å². The monoisotopic (exact) mass is 273 g/mol. The fraction of sp³-hybridized carbons (Fsp3) is 0.438. The van der Waals surface area contributed by atoms with E-state index in [9.17, 15) is 0 Å². The number of nitrogens with two attached hydrogens (primary N) is 1. The number of benzene rings is 1. The summed E-state index contributed by atoms with van der Waals surface area (Å²) in [5.74, 6) is 0.898. The molecule has 4 nitrogen and oxygen atoms in total. The number of rotatable bonds is 5. The summed E-state index contributed by atoms with van der Waals surface area (Å²) in [6.45, 7) is 4.15. The molecule has 0 spiro atoms. The highest BCUT2D eigenvalue weighted by molar-refractivity contribution is 5.37. The van der Waals surface area contributed by atoms with Crippen LogP contribution in [0.1, 0.15) is 35.5 Å². The minimum Gasteiger partial charge on any atom is -0.496 e. The summed E-state index contributed by atoms with van der Waals surface area (Å²) in [6, 6.07) is 8.22. The fourth-order valence-electron chi connectivity index (χ4n) is 2.41. The molecule has 2 aromatic rings. The first-order valence-corrected chi connectivity index (χ1v) is 6.97. The van der Waals surface area contributed by atoms with E-state index in [1.54, 1.807) is 7.11 Å². The van der Waals surface area contributed by atoms with Crippen LogP contribution in [-0.4, -0.2) is 16.9 Å². The van der Waals surface area contributed by atoms with Gasteiger partial charge in [-0.2, -0.15) is 5.10 Å². The number of ether oxygens (including phenoxy) is 1. The highest BCUT2D eigenvalue weighted by Gasteiger charge is 2.12. The SMILES string of the molecule is CCc1cc(CC(N)c2ccc(OC)c(C)c2)n(C)n1. The Balaban J connectivity index is 2.16. The number of hydrogen-bond donors (Lipinski definition) is 1. The Morgan fingerprint density at radius 1 is 1.35 bits per heavy atom. The number of methoxy groups -OCH3 is 1. The Kier molecular flexibility index (Phi) is 4.45. The predicted octanol–water partition coefficient (Wildman–Crippen LogP) is 2.54. The van der Waals surface area contributed by atoms with E-state index in [2.05, 4.69) is 24.2 Å². The van der Waals surface area contributed by atoms with Crippen LogP contribution in [0.4, 0.5) is 0 Å². The maximum atomic E-state index is 6.33. The number of aromatic nitrogens is 2. The Morgan fingerprint density at radius 2 is 2.10 bits per heavy atom. The standard InChI is InChI=1S/C16H23N3O/c1-5-13-9-14(19(3)18-13)10-15(17)12-6-7-16(20-4)11(2)8-12/h6-9,15H,5,10,17H2,1-4H3. The molecular formula is C16H23N3O. The number of hydrogen-bond acceptors (Lipinski definition) is 3. The molecule has 1 heterocycles. The van der Waals surface area contributed by atoms with Crippen molar-refractivity contribution in [2.45, 2.75) is 32.7 Å². The second kappa shape index (κ2) is 6.09. The molecule has 0 fully saturated rings. The van der Waals surface area contributed by atoms with Gasteiger partial charge in [-0.15, -0.1) is 0 Å². The second-order valence-corrected chi connectivity index (χ2v) is 5.14. The maximum Gasteiger partial charge on any atom is 0.121 e. The maximum absolute atomic E-state index is 6.33. The first-order chi connectivity index (χ1) is 9.55. The third kappa shape index (κ3) is 3.02. The Labute approximate surface area is 120 Å². The van der Waals surface area contributed by atoms with Gasteiger partial charge in [0.15, 0.2) is 0 Å². The van der Waals surface area contributed by atoms with E-state index in [-0.39, 0.29) is 6.04 Å². The smallest absolute Gasteiger partial charge is 0.121 e. The van der Waals surface area contributed by atoms with Crippen molar-refractivity contribution >= 4 is 0 Å². The van der Waals surface area contributed by atoms with Crippen molar-refractivity contribution in [2.24, 2.45) is 12.8 Å². The molecule has 1 aromatic heterocycles. The third-order valence-electron chi connectivity index (χ3n) is 3.67. The molecule has 0 aliphatic rings. The predicted molar refractivity (Wildman–Crippen MR) is 80.9 cm³/mol. The molecule has 2 N–H and O–H groups in total. The first-order valence-electron chi connectivity index (χ1n) is 6.97. The molecule has 0 bridgehead atoms. The third-order valence-corrected chi connectivity index (χ3v) is 3.67. The van der Waals surface area contributed by atoms with Crippen molar-refractivity contribution in [3.63, 3.8) is 0 Å². The van der Waals surface area contributed by atoms with Gasteiger partial charge < -0.3 is 10.5 Å². The van der Waals surface area contributed by atoms with Crippen LogP contribution in [0.5, 0.6) is 5.75 Å². The van der Waals surface area contributed by atoms with Gasteiger partial charge in [0, 0.05) is 25.2 Å². The molecular weight excluding hydrogens is 250 g/mol. The molecule has 0 radical (unpaired) electrons. The fourth-order valence-corrected chi connectivity index (χ4v) is 2.41. The topological polar surface area (TPSA) is 53.1 Å². The van der Waals surface area contributed by atoms with E-state index in [0.29, 0.717) is 0 Å². The molecule has 1 unspecified atom stereocenters. The van der Waals surface area contributed by atoms with Gasteiger partial charge in [0.25, 0.3) is 0 Å². The van der Waals surface area contributed by atoms with Crippen LogP contribution in [0.25, 0.3) is 0 Å². The molecule has 2 rings (SSSR count). The zero-order chi connectivity index (χ0) is 14.7. The van der Waals surface area contributed by atoms with Crippen LogP contribution in [0.15, 0.2) is 24.3 Å². The number of aryl methyl sites for hydroxylation is 3. The van der Waals surface area contributed by atoms with Crippen molar-refractivity contribution in [3.8, 4) is 5.75 Å². The highest BCUT2D eigenvalue weighted by atomic mass is 16.5. The summed E-state index contributed by atoms with van der Waals surface area (Å²) < 4.78 is 7.21. The zero-order valence-corrected chi connectivity index (χ0v) is 12.7. The molecule has 0 saturated carbocycles. The largest absolute Gasteiger partial charge is 0.496 e. The molecule has 20 heavy (non-hydrogen) atoms. The van der Waals surface area contributed by atoms with Crippen LogP contribution in [0.3, 0.4) is 0 Å². The van der Waals surface area contributed by atoms with Gasteiger partial charge in [-0.1, -0.05) is 19.1 Å². The summed E-state index contributed by atoms with van der Waals surface area (Å²) in [5, 5.41) is 4.46. The van der Waals surface area contributed by atoms with E-state index in [4.69, 9.17) is 10.5 Å². The normalized spacial score (nSPS) is 12.4. The van der Waals surface area contributed by atoms with Crippen LogP contribution < -0.4 is 10.5 Å². The van der Waals surface area contributed by atoms with E-state index >= 15 is 0 Å². The Bertz CT molecular complexity index is 589. The number of nitrogens with zero attached hydrogens (tertiary/aromatic N) is 2. The minimum atomic E-state index is -0.0280. The lowest BCUT2D eigenvalue weighted by molar-refractivity contribution is 0.411. The lowest BCUT2D eigenvalue weighted by Crippen LogP contribution is -2.15. The van der Waals surface area contributed by atoms with Gasteiger partial charge in [-0.25, -0.2) is 0 Å². The van der Waals surface area contributed by atoms with Crippen molar-refractivity contribution < 1.29 is 4.74 Å². The van der Waals surface area contributed by atoms with E-state index in [1.165, 1.54) is 5.69 Å². The molecule has 1 aromatic carbocycles. The molecule has 1 atom stereocenters. The van der Waals surface area contributed by atoms with Crippen LogP contribution >= 0.6 is 0 Å². The van der Waals surface area contributed by atoms with Crippen LogP contribution in [-0.2, 0) is 19.9 Å². The summed E-state index contributed by atoms with van der Waals surface area (Å²) in [5.41, 5.74) is 10.8. The Hall–Kier alpha value is -1.81. The van der Waals surface area contributed by atoms with Crippen LogP contribution in [0.2, 0.25) is 0 Å². The molecule has 108 valence electrons. The Morgan fingerprint density at radius 3 is 2.65 bits per heavy atom. The zero-order valence-electron chi connectivity index (χ0n) is 12.7. The summed E-state index contributed by atoms with van der Waals surface area (Å²) in [7, 11) is 3.66. The summed E-state index contributed by atoms with van der Waals surface area (Å²) in [6.07, 6.45) is 1.74. The highest BCUT2D eigenvalue weighted by Crippen LogP contribution is 2.23. The van der Waals surface area contributed by atoms with Crippen LogP contribution in [0, 0.1) is 6.92 Å². The summed E-state index contributed by atoms with van der Waals surface area (Å²) in [4.78, 5) is 0. The molecule has 0 saturated heterocycles. The quantitative estimate of drug-likeness (QED) is 0.911. The van der Waals surface area contributed by atoms with Crippen molar-refractivity contribution in [1.82, 2.24) is 9.78 Å². The lowest BCUT2D eigenvalue weighted by Gasteiger charge is -2.14. The average molecular weight is 273 g/mol.